The average Bonchev–Trinajstić information content (AvgIpc) is 2.60. The van der Waals surface area contributed by atoms with Gasteiger partial charge >= 0.3 is 0 Å². The second-order valence-corrected chi connectivity index (χ2v) is 5.40. The van der Waals surface area contributed by atoms with E-state index < -0.39 is 0 Å². The summed E-state index contributed by atoms with van der Waals surface area (Å²) in [6.45, 7) is 3.12. The van der Waals surface area contributed by atoms with Crippen molar-refractivity contribution in [1.82, 2.24) is 5.43 Å². The highest BCUT2D eigenvalue weighted by molar-refractivity contribution is 8.13. The average molecular weight is 344 g/mol. The molecule has 0 aliphatic carbocycles. The number of aryl methyl sites for hydroxylation is 1. The summed E-state index contributed by atoms with van der Waals surface area (Å²) in [5.74, 6) is 12.0. The van der Waals surface area contributed by atoms with Gasteiger partial charge in [0.05, 0.1) is 0 Å². The van der Waals surface area contributed by atoms with Crippen molar-refractivity contribution in [1.29, 1.82) is 0 Å². The number of aliphatic hydroxyl groups excluding tert-OH is 1. The van der Waals surface area contributed by atoms with E-state index in [2.05, 4.69) is 22.0 Å². The van der Waals surface area contributed by atoms with Gasteiger partial charge in [0.1, 0.15) is 18.1 Å². The molecule has 0 spiro atoms. The van der Waals surface area contributed by atoms with Crippen LogP contribution in [0.5, 0.6) is 5.75 Å². The first kappa shape index (κ1) is 21.2. The first-order chi connectivity index (χ1) is 11.2. The number of thioether (sulfide) groups is 1. The third-order valence-corrected chi connectivity index (χ3v) is 3.47. The monoisotopic (exact) mass is 344 g/mol. The molecule has 0 saturated carbocycles. The maximum absolute atomic E-state index is 11.7. The molecule has 1 aromatic rings. The molecular weight excluding hydrogens is 318 g/mol. The highest BCUT2D eigenvalue weighted by atomic mass is 32.2. The number of nitrogens with zero attached hydrogens (tertiary/aromatic N) is 2. The van der Waals surface area contributed by atoms with Crippen molar-refractivity contribution in [2.24, 2.45) is 16.8 Å². The molecule has 6 N–H and O–H groups in total. The molecule has 0 bridgehead atoms. The van der Waals surface area contributed by atoms with Gasteiger partial charge in [0.25, 0.3) is 0 Å². The lowest BCUT2D eigenvalue weighted by molar-refractivity contribution is -0.697. The Morgan fingerprint density at radius 1 is 1.43 bits per heavy atom. The number of amidine groups is 1. The number of carbonyl (C=O) groups is 1. The lowest BCUT2D eigenvalue weighted by Gasteiger charge is -2.05. The first-order valence-electron chi connectivity index (χ1n) is 7.15. The van der Waals surface area contributed by atoms with Gasteiger partial charge in [0.15, 0.2) is 19.0 Å². The van der Waals surface area contributed by atoms with Gasteiger partial charge in [-0.05, 0) is 0 Å². The number of hydrogen-bond acceptors (Lipinski definition) is 7. The molecule has 0 amide bonds. The smallest absolute Gasteiger partial charge is 0.226 e. The lowest BCUT2D eigenvalue weighted by atomic mass is 10.4. The molecule has 1 aromatic heterocycles. The van der Waals surface area contributed by atoms with Crippen molar-refractivity contribution in [3.8, 4) is 5.75 Å². The fourth-order valence-corrected chi connectivity index (χ4v) is 2.23. The van der Waals surface area contributed by atoms with Gasteiger partial charge in [-0.15, -0.1) is 0 Å². The van der Waals surface area contributed by atoms with E-state index in [9.17, 15) is 4.79 Å². The number of aromatic nitrogens is 1. The SMILES string of the molecule is CCC[n+]1ccc(OCC(=O)SCC/C(=N/N)NN)cc1.CO. The summed E-state index contributed by atoms with van der Waals surface area (Å²) in [4.78, 5) is 11.7. The third-order valence-electron chi connectivity index (χ3n) is 2.62. The zero-order valence-corrected chi connectivity index (χ0v) is 14.4. The Balaban J connectivity index is 0.00000232. The van der Waals surface area contributed by atoms with Crippen LogP contribution in [0.3, 0.4) is 0 Å². The Morgan fingerprint density at radius 2 is 2.09 bits per heavy atom. The molecule has 0 aliphatic rings. The molecule has 0 unspecified atom stereocenters. The molecular formula is C14H26N5O3S+. The van der Waals surface area contributed by atoms with Crippen LogP contribution in [-0.2, 0) is 11.3 Å². The van der Waals surface area contributed by atoms with Crippen LogP contribution in [0.4, 0.5) is 0 Å². The minimum absolute atomic E-state index is 0.0353. The molecule has 0 saturated heterocycles. The van der Waals surface area contributed by atoms with Crippen molar-refractivity contribution in [2.75, 3.05) is 19.5 Å². The number of ether oxygens (including phenoxy) is 1. The summed E-state index contributed by atoms with van der Waals surface area (Å²) in [5, 5.41) is 10.4. The van der Waals surface area contributed by atoms with E-state index in [-0.39, 0.29) is 11.7 Å². The summed E-state index contributed by atoms with van der Waals surface area (Å²) < 4.78 is 7.50. The summed E-state index contributed by atoms with van der Waals surface area (Å²) in [6, 6.07) is 3.70. The first-order valence-corrected chi connectivity index (χ1v) is 8.13. The number of hydrogen-bond donors (Lipinski definition) is 4. The molecule has 0 fully saturated rings. The second kappa shape index (κ2) is 13.8. The van der Waals surface area contributed by atoms with E-state index in [0.717, 1.165) is 31.8 Å². The van der Waals surface area contributed by atoms with E-state index in [4.69, 9.17) is 21.5 Å². The Bertz CT molecular complexity index is 468. The summed E-state index contributed by atoms with van der Waals surface area (Å²) >= 11 is 1.16. The van der Waals surface area contributed by atoms with Crippen LogP contribution in [0.2, 0.25) is 0 Å². The zero-order chi connectivity index (χ0) is 17.5. The maximum atomic E-state index is 11.7. The second-order valence-electron chi connectivity index (χ2n) is 4.25. The number of nitrogens with one attached hydrogen (secondary N) is 1. The predicted molar refractivity (Wildman–Crippen MR) is 91.6 cm³/mol. The van der Waals surface area contributed by atoms with Crippen LogP contribution in [-0.4, -0.2) is 35.5 Å². The number of rotatable bonds is 8. The van der Waals surface area contributed by atoms with Gasteiger partial charge in [0, 0.05) is 37.8 Å². The molecule has 130 valence electrons. The quantitative estimate of drug-likeness (QED) is 0.168. The summed E-state index contributed by atoms with van der Waals surface area (Å²) in [7, 11) is 1.00. The lowest BCUT2D eigenvalue weighted by Crippen LogP contribution is -2.32. The van der Waals surface area contributed by atoms with E-state index >= 15 is 0 Å². The van der Waals surface area contributed by atoms with Crippen LogP contribution in [0.1, 0.15) is 19.8 Å². The number of aliphatic hydroxyl groups is 1. The van der Waals surface area contributed by atoms with Gasteiger partial charge in [-0.2, -0.15) is 5.10 Å². The van der Waals surface area contributed by atoms with Crippen molar-refractivity contribution < 1.29 is 19.2 Å². The van der Waals surface area contributed by atoms with Crippen molar-refractivity contribution >= 4 is 22.7 Å². The highest BCUT2D eigenvalue weighted by Gasteiger charge is 2.07. The van der Waals surface area contributed by atoms with E-state index in [1.807, 2.05) is 24.5 Å². The zero-order valence-electron chi connectivity index (χ0n) is 13.6. The van der Waals surface area contributed by atoms with Crippen LogP contribution in [0.15, 0.2) is 29.6 Å². The van der Waals surface area contributed by atoms with Gasteiger partial charge in [-0.3, -0.25) is 4.79 Å². The van der Waals surface area contributed by atoms with E-state index in [1.165, 1.54) is 0 Å². The van der Waals surface area contributed by atoms with Gasteiger partial charge in [-0.1, -0.05) is 18.7 Å². The van der Waals surface area contributed by atoms with Crippen molar-refractivity contribution in [3.63, 3.8) is 0 Å². The summed E-state index contributed by atoms with van der Waals surface area (Å²) in [6.07, 6.45) is 5.46. The standard InChI is InChI=1S/C13H22N5O2S.CH4O/c1-2-6-18-7-3-11(4-8-18)20-10-13(19)21-9-5-12(16-14)17-15;1-2/h3-4,7-8H,2,5-6,9-10,14-15H2,1H3,(H,16,17);2H,1H3/q+1;. The number of nitrogens with two attached hydrogens (primary N) is 2. The topological polar surface area (TPSA) is 127 Å². The highest BCUT2D eigenvalue weighted by Crippen LogP contribution is 2.09. The minimum atomic E-state index is -0.0475. The van der Waals surface area contributed by atoms with Gasteiger partial charge in [0.2, 0.25) is 5.12 Å². The number of pyridine rings is 1. The number of hydrazone groups is 1. The molecule has 8 nitrogen and oxygen atoms in total. The summed E-state index contributed by atoms with van der Waals surface area (Å²) in [5.41, 5.74) is 2.37. The molecule has 0 aromatic carbocycles. The van der Waals surface area contributed by atoms with Gasteiger partial charge < -0.3 is 21.1 Å². The Kier molecular flexibility index (Phi) is 12.7. The Morgan fingerprint density at radius 3 is 2.61 bits per heavy atom. The number of carbonyl (C=O) groups excluding carboxylic acids is 1. The molecule has 1 rings (SSSR count). The van der Waals surface area contributed by atoms with Crippen LogP contribution >= 0.6 is 11.8 Å². The largest absolute Gasteiger partial charge is 0.484 e. The molecule has 23 heavy (non-hydrogen) atoms. The molecule has 0 atom stereocenters. The van der Waals surface area contributed by atoms with E-state index in [1.54, 1.807) is 0 Å². The van der Waals surface area contributed by atoms with Crippen LogP contribution < -0.4 is 26.4 Å². The molecule has 0 aliphatic heterocycles. The third kappa shape index (κ3) is 9.72. The van der Waals surface area contributed by atoms with Crippen molar-refractivity contribution in [2.45, 2.75) is 26.3 Å². The Labute approximate surface area is 140 Å². The van der Waals surface area contributed by atoms with Crippen LogP contribution in [0, 0.1) is 0 Å². The minimum Gasteiger partial charge on any atom is -0.484 e. The van der Waals surface area contributed by atoms with Gasteiger partial charge in [-0.25, -0.2) is 10.4 Å². The Hall–Kier alpha value is -1.84. The molecule has 0 radical (unpaired) electrons. The normalized spacial score (nSPS) is 10.5. The molecule has 1 heterocycles. The fraction of sp³-hybridized carbons (Fsp3) is 0.500. The van der Waals surface area contributed by atoms with Crippen molar-refractivity contribution in [3.05, 3.63) is 24.5 Å². The maximum Gasteiger partial charge on any atom is 0.226 e. The fourth-order valence-electron chi connectivity index (χ4n) is 1.57. The van der Waals surface area contributed by atoms with E-state index in [0.29, 0.717) is 23.8 Å². The molecule has 9 heteroatoms. The van der Waals surface area contributed by atoms with Crippen LogP contribution in [0.25, 0.3) is 0 Å². The predicted octanol–water partition coefficient (Wildman–Crippen LogP) is -0.243. The number of hydrazine groups is 1.